The number of methoxy groups -OCH3 is 1. The van der Waals surface area contributed by atoms with Crippen LogP contribution in [0.4, 0.5) is 0 Å². The predicted octanol–water partition coefficient (Wildman–Crippen LogP) is 2.21. The molecule has 1 amide bonds. The number of benzene rings is 1. The average Bonchev–Trinajstić information content (AvgIpc) is 3.43. The largest absolute Gasteiger partial charge is 0.497 e. The number of rotatable bonds is 7. The summed E-state index contributed by atoms with van der Waals surface area (Å²) in [5, 5.41) is 6.40. The zero-order chi connectivity index (χ0) is 16.1. The predicted molar refractivity (Wildman–Crippen MR) is 89.1 cm³/mol. The van der Waals surface area contributed by atoms with Crippen molar-refractivity contribution < 1.29 is 14.3 Å². The third-order valence-electron chi connectivity index (χ3n) is 4.61. The molecule has 1 aromatic carbocycles. The van der Waals surface area contributed by atoms with Crippen molar-refractivity contribution >= 4 is 5.91 Å². The second-order valence-corrected chi connectivity index (χ2v) is 6.52. The van der Waals surface area contributed by atoms with Gasteiger partial charge < -0.3 is 20.1 Å². The maximum Gasteiger partial charge on any atom is 0.255 e. The number of hydrogen-bond donors (Lipinski definition) is 2. The molecule has 0 radical (unpaired) electrons. The molecule has 1 saturated heterocycles. The van der Waals surface area contributed by atoms with Crippen LogP contribution in [-0.2, 0) is 0 Å². The van der Waals surface area contributed by atoms with Crippen LogP contribution >= 0.6 is 0 Å². The maximum atomic E-state index is 12.6. The zero-order valence-electron chi connectivity index (χ0n) is 13.8. The molecule has 1 heterocycles. The van der Waals surface area contributed by atoms with Crippen LogP contribution in [0.2, 0.25) is 0 Å². The smallest absolute Gasteiger partial charge is 0.255 e. The van der Waals surface area contributed by atoms with Crippen LogP contribution in [0.1, 0.15) is 36.0 Å². The normalized spacial score (nSPS) is 18.5. The Morgan fingerprint density at radius 1 is 1.22 bits per heavy atom. The first-order chi connectivity index (χ1) is 11.3. The van der Waals surface area contributed by atoms with Crippen molar-refractivity contribution in [3.8, 4) is 11.5 Å². The van der Waals surface area contributed by atoms with Crippen LogP contribution in [0.3, 0.4) is 0 Å². The van der Waals surface area contributed by atoms with E-state index in [-0.39, 0.29) is 5.91 Å². The minimum atomic E-state index is -0.0757. The van der Waals surface area contributed by atoms with Gasteiger partial charge in [0.1, 0.15) is 11.5 Å². The summed E-state index contributed by atoms with van der Waals surface area (Å²) in [7, 11) is 1.61. The molecule has 0 spiro atoms. The fourth-order valence-electron chi connectivity index (χ4n) is 2.85. The summed E-state index contributed by atoms with van der Waals surface area (Å²) in [6.07, 6.45) is 4.69. The van der Waals surface area contributed by atoms with E-state index in [0.29, 0.717) is 35.5 Å². The number of amides is 1. The molecule has 0 atom stereocenters. The van der Waals surface area contributed by atoms with Crippen LogP contribution in [0.25, 0.3) is 0 Å². The van der Waals surface area contributed by atoms with Crippen molar-refractivity contribution in [2.45, 2.75) is 25.7 Å². The van der Waals surface area contributed by atoms with Gasteiger partial charge in [-0.05, 0) is 68.8 Å². The molecule has 1 aliphatic heterocycles. The number of nitrogens with one attached hydrogen (secondary N) is 2. The molecule has 0 unspecified atom stereocenters. The fourth-order valence-corrected chi connectivity index (χ4v) is 2.85. The molecule has 2 aliphatic rings. The third kappa shape index (κ3) is 4.61. The minimum absolute atomic E-state index is 0.0757. The Hall–Kier alpha value is -1.75. The van der Waals surface area contributed by atoms with E-state index in [1.165, 1.54) is 12.8 Å². The van der Waals surface area contributed by atoms with Crippen molar-refractivity contribution in [2.75, 3.05) is 33.4 Å². The Kier molecular flexibility index (Phi) is 5.39. The molecule has 3 rings (SSSR count). The van der Waals surface area contributed by atoms with Crippen LogP contribution in [-0.4, -0.2) is 39.3 Å². The summed E-state index contributed by atoms with van der Waals surface area (Å²) in [4.78, 5) is 12.6. The van der Waals surface area contributed by atoms with Gasteiger partial charge in [-0.3, -0.25) is 4.79 Å². The fraction of sp³-hybridized carbons (Fsp3) is 0.611. The monoisotopic (exact) mass is 318 g/mol. The van der Waals surface area contributed by atoms with E-state index in [1.54, 1.807) is 13.2 Å². The SMILES string of the molecule is COc1ccc(OCC2CC2)c(C(=O)NCC2CCNCC2)c1. The van der Waals surface area contributed by atoms with E-state index in [4.69, 9.17) is 9.47 Å². The highest BCUT2D eigenvalue weighted by molar-refractivity contribution is 5.97. The molecular weight excluding hydrogens is 292 g/mol. The standard InChI is InChI=1S/C18H26N2O3/c1-22-15-4-5-17(23-12-14-2-3-14)16(10-15)18(21)20-11-13-6-8-19-9-7-13/h4-5,10,13-14,19H,2-3,6-9,11-12H2,1H3,(H,20,21). The van der Waals surface area contributed by atoms with E-state index in [9.17, 15) is 4.79 Å². The molecular formula is C18H26N2O3. The Morgan fingerprint density at radius 2 is 2.00 bits per heavy atom. The first-order valence-corrected chi connectivity index (χ1v) is 8.56. The molecule has 0 bridgehead atoms. The van der Waals surface area contributed by atoms with Gasteiger partial charge in [-0.15, -0.1) is 0 Å². The van der Waals surface area contributed by atoms with Crippen molar-refractivity contribution in [3.05, 3.63) is 23.8 Å². The molecule has 2 fully saturated rings. The minimum Gasteiger partial charge on any atom is -0.497 e. The summed E-state index contributed by atoms with van der Waals surface area (Å²) in [5.41, 5.74) is 0.568. The zero-order valence-corrected chi connectivity index (χ0v) is 13.8. The van der Waals surface area contributed by atoms with Crippen molar-refractivity contribution in [2.24, 2.45) is 11.8 Å². The lowest BCUT2D eigenvalue weighted by Crippen LogP contribution is -2.36. The number of piperidine rings is 1. The summed E-state index contributed by atoms with van der Waals surface area (Å²) in [5.74, 6) is 2.47. The van der Waals surface area contributed by atoms with Gasteiger partial charge in [0.05, 0.1) is 19.3 Å². The van der Waals surface area contributed by atoms with Gasteiger partial charge in [-0.1, -0.05) is 0 Å². The first-order valence-electron chi connectivity index (χ1n) is 8.56. The summed E-state index contributed by atoms with van der Waals surface area (Å²) < 4.78 is 11.1. The van der Waals surface area contributed by atoms with Crippen LogP contribution in [0, 0.1) is 11.8 Å². The van der Waals surface area contributed by atoms with E-state index in [2.05, 4.69) is 10.6 Å². The number of carbonyl (C=O) groups is 1. The summed E-state index contributed by atoms with van der Waals surface area (Å²) in [6.45, 7) is 3.49. The summed E-state index contributed by atoms with van der Waals surface area (Å²) in [6, 6.07) is 5.44. The molecule has 126 valence electrons. The first kappa shape index (κ1) is 16.1. The van der Waals surface area contributed by atoms with Crippen LogP contribution < -0.4 is 20.1 Å². The quantitative estimate of drug-likeness (QED) is 0.809. The Morgan fingerprint density at radius 3 is 2.70 bits per heavy atom. The van der Waals surface area contributed by atoms with Gasteiger partial charge in [0.2, 0.25) is 0 Å². The lowest BCUT2D eigenvalue weighted by molar-refractivity contribution is 0.0939. The second-order valence-electron chi connectivity index (χ2n) is 6.52. The Bertz CT molecular complexity index is 537. The van der Waals surface area contributed by atoms with Crippen LogP contribution in [0.5, 0.6) is 11.5 Å². The number of ether oxygens (including phenoxy) is 2. The highest BCUT2D eigenvalue weighted by atomic mass is 16.5. The lowest BCUT2D eigenvalue weighted by atomic mass is 9.98. The van der Waals surface area contributed by atoms with Crippen molar-refractivity contribution in [1.29, 1.82) is 0 Å². The Labute approximate surface area is 137 Å². The summed E-state index contributed by atoms with van der Waals surface area (Å²) >= 11 is 0. The van der Waals surface area contributed by atoms with Gasteiger partial charge in [0.15, 0.2) is 0 Å². The van der Waals surface area contributed by atoms with Gasteiger partial charge in [0, 0.05) is 6.54 Å². The molecule has 1 aliphatic carbocycles. The highest BCUT2D eigenvalue weighted by Crippen LogP contribution is 2.31. The lowest BCUT2D eigenvalue weighted by Gasteiger charge is -2.23. The van der Waals surface area contributed by atoms with Crippen molar-refractivity contribution in [3.63, 3.8) is 0 Å². The molecule has 5 heteroatoms. The van der Waals surface area contributed by atoms with E-state index in [1.807, 2.05) is 12.1 Å². The molecule has 5 nitrogen and oxygen atoms in total. The molecule has 0 aromatic heterocycles. The molecule has 23 heavy (non-hydrogen) atoms. The maximum absolute atomic E-state index is 12.6. The van der Waals surface area contributed by atoms with Gasteiger partial charge in [0.25, 0.3) is 5.91 Å². The van der Waals surface area contributed by atoms with Crippen LogP contribution in [0.15, 0.2) is 18.2 Å². The van der Waals surface area contributed by atoms with E-state index in [0.717, 1.165) is 32.5 Å². The molecule has 1 saturated carbocycles. The van der Waals surface area contributed by atoms with Gasteiger partial charge >= 0.3 is 0 Å². The number of hydrogen-bond acceptors (Lipinski definition) is 4. The molecule has 1 aromatic rings. The Balaban J connectivity index is 1.63. The average molecular weight is 318 g/mol. The van der Waals surface area contributed by atoms with Crippen molar-refractivity contribution in [1.82, 2.24) is 10.6 Å². The van der Waals surface area contributed by atoms with E-state index < -0.39 is 0 Å². The molecule has 2 N–H and O–H groups in total. The second kappa shape index (κ2) is 7.68. The topological polar surface area (TPSA) is 59.6 Å². The van der Waals surface area contributed by atoms with Gasteiger partial charge in [-0.2, -0.15) is 0 Å². The number of carbonyl (C=O) groups excluding carboxylic acids is 1. The highest BCUT2D eigenvalue weighted by Gasteiger charge is 2.23. The van der Waals surface area contributed by atoms with Gasteiger partial charge in [-0.25, -0.2) is 0 Å². The van der Waals surface area contributed by atoms with E-state index >= 15 is 0 Å². The third-order valence-corrected chi connectivity index (χ3v) is 4.61.